The third kappa shape index (κ3) is 61.4. The summed E-state index contributed by atoms with van der Waals surface area (Å²) in [6.45, 7) is 6.51. The van der Waals surface area contributed by atoms with Gasteiger partial charge in [-0.1, -0.05) is 273 Å². The van der Waals surface area contributed by atoms with Crippen LogP contribution >= 0.6 is 0 Å². The third-order valence-corrected chi connectivity index (χ3v) is 14.1. The van der Waals surface area contributed by atoms with Crippen LogP contribution in [0.2, 0.25) is 0 Å². The average Bonchev–Trinajstić information content (AvgIpc) is 3.42. The maximum atomic E-state index is 12.9. The van der Waals surface area contributed by atoms with E-state index in [1.54, 1.807) is 0 Å². The summed E-state index contributed by atoms with van der Waals surface area (Å²) >= 11 is 0. The molecule has 1 unspecified atom stereocenters. The zero-order chi connectivity index (χ0) is 55.0. The molecule has 0 aromatic heterocycles. The van der Waals surface area contributed by atoms with Crippen LogP contribution in [0.3, 0.4) is 0 Å². The number of carbonyl (C=O) groups excluding carboxylic acids is 3. The molecule has 0 heterocycles. The van der Waals surface area contributed by atoms with Gasteiger partial charge in [0.15, 0.2) is 6.10 Å². The van der Waals surface area contributed by atoms with Crippen molar-refractivity contribution < 1.29 is 28.6 Å². The Hall–Kier alpha value is -3.41. The van der Waals surface area contributed by atoms with Gasteiger partial charge in [-0.15, -0.1) is 0 Å². The molecule has 0 saturated carbocycles. The molecule has 6 heteroatoms. The van der Waals surface area contributed by atoms with Gasteiger partial charge in [0, 0.05) is 19.3 Å². The first-order chi connectivity index (χ1) is 37.5. The highest BCUT2D eigenvalue weighted by molar-refractivity contribution is 5.71. The quantitative estimate of drug-likeness (QED) is 0.0261. The van der Waals surface area contributed by atoms with E-state index in [4.69, 9.17) is 14.2 Å². The van der Waals surface area contributed by atoms with Gasteiger partial charge in [0.2, 0.25) is 0 Å². The van der Waals surface area contributed by atoms with Crippen LogP contribution in [0.1, 0.15) is 323 Å². The van der Waals surface area contributed by atoms with Gasteiger partial charge in [-0.05, 0) is 116 Å². The number of unbranched alkanes of at least 4 members (excludes halogenated alkanes) is 34. The molecule has 0 aliphatic carbocycles. The van der Waals surface area contributed by atoms with Crippen LogP contribution in [-0.2, 0) is 28.6 Å². The minimum absolute atomic E-state index is 0.0846. The van der Waals surface area contributed by atoms with Crippen LogP contribution in [0.25, 0.3) is 0 Å². The number of allylic oxidation sites excluding steroid dienone is 14. The van der Waals surface area contributed by atoms with E-state index in [-0.39, 0.29) is 31.1 Å². The average molecular weight is 1060 g/mol. The van der Waals surface area contributed by atoms with Crippen molar-refractivity contribution in [1.82, 2.24) is 0 Å². The molecule has 76 heavy (non-hydrogen) atoms. The van der Waals surface area contributed by atoms with Gasteiger partial charge in [0.05, 0.1) is 0 Å². The van der Waals surface area contributed by atoms with E-state index in [0.29, 0.717) is 19.3 Å². The fraction of sp³-hybridized carbons (Fsp3) is 0.757. The number of rotatable bonds is 59. The molecule has 6 nitrogen and oxygen atoms in total. The Morgan fingerprint density at radius 2 is 0.513 bits per heavy atom. The first-order valence-electron chi connectivity index (χ1n) is 32.6. The van der Waals surface area contributed by atoms with Crippen molar-refractivity contribution in [3.63, 3.8) is 0 Å². The summed E-state index contributed by atoms with van der Waals surface area (Å²) in [7, 11) is 0. The lowest BCUT2D eigenvalue weighted by atomic mass is 10.0. The molecule has 0 aliphatic heterocycles. The highest BCUT2D eigenvalue weighted by Crippen LogP contribution is 2.16. The topological polar surface area (TPSA) is 78.9 Å². The number of hydrogen-bond donors (Lipinski definition) is 0. The Labute approximate surface area is 471 Å². The molecule has 0 aliphatic rings. The van der Waals surface area contributed by atoms with Crippen molar-refractivity contribution in [3.8, 4) is 0 Å². The van der Waals surface area contributed by atoms with Crippen molar-refractivity contribution in [2.45, 2.75) is 329 Å². The normalized spacial score (nSPS) is 12.6. The number of ether oxygens (including phenoxy) is 3. The van der Waals surface area contributed by atoms with E-state index < -0.39 is 6.10 Å². The van der Waals surface area contributed by atoms with E-state index in [9.17, 15) is 14.4 Å². The SMILES string of the molecule is CC/C=C\C/C=C\C/C=C\CCCCCCCC(=O)OCC(COC(=O)CCCCCCCCCCCCCCC/C=C\C/C=C\CCCCCCC)OC(=O)CCCCCCCCC/C=C\C/C=C\CCCCCC. The summed E-state index contributed by atoms with van der Waals surface area (Å²) in [5.41, 5.74) is 0. The van der Waals surface area contributed by atoms with E-state index in [1.165, 1.54) is 167 Å². The lowest BCUT2D eigenvalue weighted by molar-refractivity contribution is -0.167. The molecule has 0 aromatic rings. The minimum atomic E-state index is -0.790. The molecular weight excluding hydrogens is 937 g/mol. The summed E-state index contributed by atoms with van der Waals surface area (Å²) in [6, 6.07) is 0. The standard InChI is InChI=1S/C70H122O6/c1-4-7-10-13-16-19-22-25-28-30-32-33-34-35-36-37-38-40-42-45-48-51-54-57-60-63-69(72)75-66-67(65-74-68(71)62-59-56-53-50-47-44-41-27-24-21-18-15-12-9-6-3)76-70(73)64-61-58-55-52-49-46-43-39-31-29-26-23-20-17-14-11-8-5-2/h9,12,18,20-23,25,27,29-32,41,67H,4-8,10-11,13-17,19,24,26,28,33-40,42-66H2,1-3H3/b12-9-,21-18-,23-20-,25-22-,31-29-,32-30-,41-27-. The van der Waals surface area contributed by atoms with Gasteiger partial charge < -0.3 is 14.2 Å². The summed E-state index contributed by atoms with van der Waals surface area (Å²) < 4.78 is 16.9. The Bertz CT molecular complexity index is 1450. The van der Waals surface area contributed by atoms with Gasteiger partial charge in [0.25, 0.3) is 0 Å². The van der Waals surface area contributed by atoms with Crippen molar-refractivity contribution in [3.05, 3.63) is 85.1 Å². The van der Waals surface area contributed by atoms with Crippen molar-refractivity contribution in [1.29, 1.82) is 0 Å². The zero-order valence-corrected chi connectivity index (χ0v) is 50.3. The molecule has 0 N–H and O–H groups in total. The van der Waals surface area contributed by atoms with Crippen LogP contribution < -0.4 is 0 Å². The van der Waals surface area contributed by atoms with Gasteiger partial charge >= 0.3 is 17.9 Å². The lowest BCUT2D eigenvalue weighted by Gasteiger charge is -2.18. The molecule has 0 fully saturated rings. The zero-order valence-electron chi connectivity index (χ0n) is 50.3. The van der Waals surface area contributed by atoms with Crippen molar-refractivity contribution in [2.75, 3.05) is 13.2 Å². The Balaban J connectivity index is 4.33. The molecule has 0 rings (SSSR count). The largest absolute Gasteiger partial charge is 0.462 e. The predicted octanol–water partition coefficient (Wildman–Crippen LogP) is 22.3. The monoisotopic (exact) mass is 1060 g/mol. The van der Waals surface area contributed by atoms with Crippen molar-refractivity contribution >= 4 is 17.9 Å². The molecule has 438 valence electrons. The third-order valence-electron chi connectivity index (χ3n) is 14.1. The number of carbonyl (C=O) groups is 3. The second-order valence-electron chi connectivity index (χ2n) is 21.6. The summed E-state index contributed by atoms with van der Waals surface area (Å²) in [5, 5.41) is 0. The van der Waals surface area contributed by atoms with Crippen LogP contribution in [0, 0.1) is 0 Å². The molecule has 0 bridgehead atoms. The fourth-order valence-electron chi connectivity index (χ4n) is 9.23. The van der Waals surface area contributed by atoms with Gasteiger partial charge in [-0.25, -0.2) is 0 Å². The first-order valence-corrected chi connectivity index (χ1v) is 32.6. The predicted molar refractivity (Wildman–Crippen MR) is 330 cm³/mol. The van der Waals surface area contributed by atoms with Gasteiger partial charge in [-0.2, -0.15) is 0 Å². The molecule has 0 radical (unpaired) electrons. The lowest BCUT2D eigenvalue weighted by Crippen LogP contribution is -2.30. The van der Waals surface area contributed by atoms with Crippen LogP contribution in [0.5, 0.6) is 0 Å². The Morgan fingerprint density at radius 1 is 0.276 bits per heavy atom. The van der Waals surface area contributed by atoms with Crippen LogP contribution in [0.15, 0.2) is 85.1 Å². The molecular formula is C70H122O6. The molecule has 0 spiro atoms. The van der Waals surface area contributed by atoms with E-state index in [1.807, 2.05) is 0 Å². The second kappa shape index (κ2) is 64.1. The molecule has 0 amide bonds. The highest BCUT2D eigenvalue weighted by atomic mass is 16.6. The Kier molecular flexibility index (Phi) is 61.2. The highest BCUT2D eigenvalue weighted by Gasteiger charge is 2.19. The van der Waals surface area contributed by atoms with E-state index >= 15 is 0 Å². The molecule has 1 atom stereocenters. The smallest absolute Gasteiger partial charge is 0.306 e. The summed E-state index contributed by atoms with van der Waals surface area (Å²) in [6.07, 6.45) is 84.5. The number of esters is 3. The molecule has 0 aromatic carbocycles. The summed E-state index contributed by atoms with van der Waals surface area (Å²) in [4.78, 5) is 38.3. The van der Waals surface area contributed by atoms with E-state index in [2.05, 4.69) is 106 Å². The molecule has 0 saturated heterocycles. The van der Waals surface area contributed by atoms with Crippen LogP contribution in [-0.4, -0.2) is 37.2 Å². The minimum Gasteiger partial charge on any atom is -0.462 e. The van der Waals surface area contributed by atoms with Gasteiger partial charge in [0.1, 0.15) is 13.2 Å². The Morgan fingerprint density at radius 3 is 0.816 bits per heavy atom. The summed E-state index contributed by atoms with van der Waals surface area (Å²) in [5.74, 6) is -0.898. The number of hydrogen-bond acceptors (Lipinski definition) is 6. The van der Waals surface area contributed by atoms with Gasteiger partial charge in [-0.3, -0.25) is 14.4 Å². The maximum Gasteiger partial charge on any atom is 0.306 e. The fourth-order valence-corrected chi connectivity index (χ4v) is 9.23. The van der Waals surface area contributed by atoms with E-state index in [0.717, 1.165) is 116 Å². The maximum absolute atomic E-state index is 12.9. The van der Waals surface area contributed by atoms with Crippen LogP contribution in [0.4, 0.5) is 0 Å². The van der Waals surface area contributed by atoms with Crippen molar-refractivity contribution in [2.24, 2.45) is 0 Å². The first kappa shape index (κ1) is 72.6. The second-order valence-corrected chi connectivity index (χ2v) is 21.6.